The van der Waals surface area contributed by atoms with Crippen molar-refractivity contribution >= 4 is 5.91 Å². The molecular weight excluding hydrogens is 222 g/mol. The molecule has 0 aliphatic rings. The van der Waals surface area contributed by atoms with Gasteiger partial charge in [-0.3, -0.25) is 4.79 Å². The van der Waals surface area contributed by atoms with E-state index in [4.69, 9.17) is 5.73 Å². The van der Waals surface area contributed by atoms with E-state index >= 15 is 0 Å². The Kier molecular flexibility index (Phi) is 12.5. The lowest BCUT2D eigenvalue weighted by molar-refractivity contribution is -0.119. The van der Waals surface area contributed by atoms with E-state index in [1.165, 1.54) is 70.6 Å². The molecule has 1 unspecified atom stereocenters. The molecular formula is C16H33NO. The van der Waals surface area contributed by atoms with Gasteiger partial charge in [0.1, 0.15) is 0 Å². The van der Waals surface area contributed by atoms with Gasteiger partial charge in [-0.2, -0.15) is 0 Å². The van der Waals surface area contributed by atoms with Gasteiger partial charge in [-0.25, -0.2) is 0 Å². The Bertz CT molecular complexity index is 192. The van der Waals surface area contributed by atoms with Crippen LogP contribution in [0.2, 0.25) is 0 Å². The first-order valence-electron chi connectivity index (χ1n) is 7.99. The van der Waals surface area contributed by atoms with Crippen LogP contribution in [0.5, 0.6) is 0 Å². The second-order valence-electron chi connectivity index (χ2n) is 5.59. The summed E-state index contributed by atoms with van der Waals surface area (Å²) in [6.45, 7) is 4.47. The molecule has 0 aromatic carbocycles. The topological polar surface area (TPSA) is 43.1 Å². The van der Waals surface area contributed by atoms with Crippen LogP contribution in [0.15, 0.2) is 0 Å². The van der Waals surface area contributed by atoms with Gasteiger partial charge in [0.25, 0.3) is 0 Å². The average molecular weight is 255 g/mol. The summed E-state index contributed by atoms with van der Waals surface area (Å²) in [6.07, 6.45) is 14.7. The highest BCUT2D eigenvalue weighted by atomic mass is 16.1. The summed E-state index contributed by atoms with van der Waals surface area (Å²) in [7, 11) is 0. The molecule has 1 amide bonds. The molecule has 0 aromatic rings. The van der Waals surface area contributed by atoms with Gasteiger partial charge in [0.15, 0.2) is 0 Å². The molecule has 108 valence electrons. The van der Waals surface area contributed by atoms with Crippen molar-refractivity contribution in [2.24, 2.45) is 11.7 Å². The third-order valence-corrected chi connectivity index (χ3v) is 3.67. The van der Waals surface area contributed by atoms with Crippen molar-refractivity contribution in [3.05, 3.63) is 0 Å². The van der Waals surface area contributed by atoms with E-state index in [9.17, 15) is 4.79 Å². The minimum Gasteiger partial charge on any atom is -0.370 e. The van der Waals surface area contributed by atoms with Crippen LogP contribution in [-0.2, 0) is 4.79 Å². The highest BCUT2D eigenvalue weighted by molar-refractivity contribution is 5.73. The lowest BCUT2D eigenvalue weighted by Gasteiger charge is -2.15. The number of hydrogen-bond donors (Lipinski definition) is 1. The van der Waals surface area contributed by atoms with Crippen LogP contribution in [-0.4, -0.2) is 5.91 Å². The Labute approximate surface area is 114 Å². The fourth-order valence-electron chi connectivity index (χ4n) is 2.53. The molecule has 0 spiro atoms. The predicted octanol–water partition coefficient (Wildman–Crippen LogP) is 4.81. The highest BCUT2D eigenvalue weighted by Crippen LogP contribution is 2.21. The molecule has 18 heavy (non-hydrogen) atoms. The molecule has 0 aromatic heterocycles. The average Bonchev–Trinajstić information content (AvgIpc) is 2.33. The van der Waals surface area contributed by atoms with Gasteiger partial charge in [0.2, 0.25) is 5.91 Å². The lowest BCUT2D eigenvalue weighted by Crippen LogP contribution is -2.16. The van der Waals surface area contributed by atoms with Crippen LogP contribution in [0.4, 0.5) is 0 Å². The van der Waals surface area contributed by atoms with E-state index < -0.39 is 0 Å². The molecule has 2 N–H and O–H groups in total. The molecule has 0 aliphatic heterocycles. The summed E-state index contributed by atoms with van der Waals surface area (Å²) in [4.78, 5) is 11.1. The number of amides is 1. The number of rotatable bonds is 13. The van der Waals surface area contributed by atoms with Crippen LogP contribution >= 0.6 is 0 Å². The van der Waals surface area contributed by atoms with Crippen LogP contribution in [0.3, 0.4) is 0 Å². The van der Waals surface area contributed by atoms with Gasteiger partial charge >= 0.3 is 0 Å². The first kappa shape index (κ1) is 17.5. The van der Waals surface area contributed by atoms with Gasteiger partial charge in [0, 0.05) is 6.42 Å². The first-order valence-corrected chi connectivity index (χ1v) is 7.99. The maximum absolute atomic E-state index is 11.1. The zero-order valence-corrected chi connectivity index (χ0v) is 12.5. The molecule has 0 rings (SSSR count). The molecule has 0 heterocycles. The van der Waals surface area contributed by atoms with E-state index in [0.717, 1.165) is 0 Å². The standard InChI is InChI=1S/C16H33NO/c1-3-5-7-9-11-13-15(14-16(17)18)12-10-8-6-4-2/h15H,3-14H2,1-2H3,(H2,17,18). The molecule has 0 saturated heterocycles. The maximum atomic E-state index is 11.1. The number of unbranched alkanes of at least 4 members (excludes halogenated alkanes) is 7. The molecule has 0 fully saturated rings. The van der Waals surface area contributed by atoms with Gasteiger partial charge < -0.3 is 5.73 Å². The van der Waals surface area contributed by atoms with Crippen LogP contribution in [0.1, 0.15) is 90.9 Å². The van der Waals surface area contributed by atoms with Crippen molar-refractivity contribution in [3.63, 3.8) is 0 Å². The number of primary amides is 1. The Balaban J connectivity index is 3.66. The van der Waals surface area contributed by atoms with Gasteiger partial charge in [0.05, 0.1) is 0 Å². The van der Waals surface area contributed by atoms with Crippen molar-refractivity contribution in [3.8, 4) is 0 Å². The zero-order valence-electron chi connectivity index (χ0n) is 12.5. The molecule has 0 aliphatic carbocycles. The zero-order chi connectivity index (χ0) is 13.6. The monoisotopic (exact) mass is 255 g/mol. The van der Waals surface area contributed by atoms with Crippen molar-refractivity contribution < 1.29 is 4.79 Å². The third-order valence-electron chi connectivity index (χ3n) is 3.67. The summed E-state index contributed by atoms with van der Waals surface area (Å²) < 4.78 is 0. The van der Waals surface area contributed by atoms with E-state index in [1.54, 1.807) is 0 Å². The Morgan fingerprint density at radius 2 is 1.28 bits per heavy atom. The highest BCUT2D eigenvalue weighted by Gasteiger charge is 2.11. The lowest BCUT2D eigenvalue weighted by atomic mass is 9.91. The predicted molar refractivity (Wildman–Crippen MR) is 79.4 cm³/mol. The fraction of sp³-hybridized carbons (Fsp3) is 0.938. The normalized spacial score (nSPS) is 12.6. The van der Waals surface area contributed by atoms with Gasteiger partial charge in [-0.1, -0.05) is 71.6 Å². The molecule has 1 atom stereocenters. The summed E-state index contributed by atoms with van der Waals surface area (Å²) >= 11 is 0. The molecule has 0 radical (unpaired) electrons. The summed E-state index contributed by atoms with van der Waals surface area (Å²) in [5.41, 5.74) is 5.34. The minimum atomic E-state index is -0.121. The number of nitrogens with two attached hydrogens (primary N) is 1. The van der Waals surface area contributed by atoms with Crippen LogP contribution < -0.4 is 5.73 Å². The summed E-state index contributed by atoms with van der Waals surface area (Å²) in [5.74, 6) is 0.421. The molecule has 2 heteroatoms. The van der Waals surface area contributed by atoms with Gasteiger partial charge in [-0.05, 0) is 18.8 Å². The SMILES string of the molecule is CCCCCCCC(CCCCCC)CC(N)=O. The van der Waals surface area contributed by atoms with E-state index in [2.05, 4.69) is 13.8 Å². The quantitative estimate of drug-likeness (QED) is 0.472. The van der Waals surface area contributed by atoms with Crippen LogP contribution in [0.25, 0.3) is 0 Å². The Morgan fingerprint density at radius 3 is 1.72 bits per heavy atom. The maximum Gasteiger partial charge on any atom is 0.217 e. The molecule has 0 saturated carbocycles. The van der Waals surface area contributed by atoms with Crippen molar-refractivity contribution in [2.75, 3.05) is 0 Å². The van der Waals surface area contributed by atoms with E-state index in [1.807, 2.05) is 0 Å². The van der Waals surface area contributed by atoms with Crippen molar-refractivity contribution in [2.45, 2.75) is 90.9 Å². The number of hydrogen-bond acceptors (Lipinski definition) is 1. The van der Waals surface area contributed by atoms with E-state index in [0.29, 0.717) is 12.3 Å². The number of carbonyl (C=O) groups is 1. The number of carbonyl (C=O) groups excluding carboxylic acids is 1. The molecule has 2 nitrogen and oxygen atoms in total. The largest absolute Gasteiger partial charge is 0.370 e. The second-order valence-corrected chi connectivity index (χ2v) is 5.59. The van der Waals surface area contributed by atoms with Crippen LogP contribution in [0, 0.1) is 5.92 Å². The summed E-state index contributed by atoms with van der Waals surface area (Å²) in [6, 6.07) is 0. The van der Waals surface area contributed by atoms with Crippen molar-refractivity contribution in [1.29, 1.82) is 0 Å². The Morgan fingerprint density at radius 1 is 0.833 bits per heavy atom. The smallest absolute Gasteiger partial charge is 0.217 e. The van der Waals surface area contributed by atoms with Gasteiger partial charge in [-0.15, -0.1) is 0 Å². The fourth-order valence-corrected chi connectivity index (χ4v) is 2.53. The second kappa shape index (κ2) is 12.9. The first-order chi connectivity index (χ1) is 8.70. The Hall–Kier alpha value is -0.530. The third kappa shape index (κ3) is 11.9. The summed E-state index contributed by atoms with van der Waals surface area (Å²) in [5, 5.41) is 0. The van der Waals surface area contributed by atoms with Crippen molar-refractivity contribution in [1.82, 2.24) is 0 Å². The minimum absolute atomic E-state index is 0.121. The molecule has 0 bridgehead atoms. The van der Waals surface area contributed by atoms with E-state index in [-0.39, 0.29) is 5.91 Å².